The lowest BCUT2D eigenvalue weighted by Crippen LogP contribution is -2.59. The minimum absolute atomic E-state index is 0.0697. The average Bonchev–Trinajstić information content (AvgIpc) is 2.97. The molecule has 0 amide bonds. The molecule has 3 atom stereocenters. The van der Waals surface area contributed by atoms with Crippen LogP contribution in [0.1, 0.15) is 24.6 Å². The van der Waals surface area contributed by atoms with Crippen molar-refractivity contribution in [3.63, 3.8) is 0 Å². The molecule has 2 heterocycles. The maximum atomic E-state index is 14.6. The van der Waals surface area contributed by atoms with Crippen LogP contribution in [0.2, 0.25) is 0 Å². The molecule has 28 heavy (non-hydrogen) atoms. The highest BCUT2D eigenvalue weighted by Gasteiger charge is 2.58. The van der Waals surface area contributed by atoms with Gasteiger partial charge in [0.1, 0.15) is 11.7 Å². The first-order valence-electron chi connectivity index (χ1n) is 9.30. The van der Waals surface area contributed by atoms with Gasteiger partial charge in [0.2, 0.25) is 0 Å². The molecule has 7 heteroatoms. The molecule has 2 aromatic rings. The van der Waals surface area contributed by atoms with E-state index in [-0.39, 0.29) is 12.0 Å². The quantitative estimate of drug-likeness (QED) is 0.482. The number of alkyl halides is 2. The minimum atomic E-state index is -3.19. The summed E-state index contributed by atoms with van der Waals surface area (Å²) in [6, 6.07) is 6.64. The fourth-order valence-electron chi connectivity index (χ4n) is 4.83. The largest absolute Gasteiger partial charge is 0.468 e. The van der Waals surface area contributed by atoms with Crippen LogP contribution in [0, 0.1) is 5.92 Å². The summed E-state index contributed by atoms with van der Waals surface area (Å²) in [6.45, 7) is 1.23. The number of methoxy groups -OCH3 is 1. The van der Waals surface area contributed by atoms with Gasteiger partial charge in [-0.15, -0.1) is 0 Å². The summed E-state index contributed by atoms with van der Waals surface area (Å²) in [5.41, 5.74) is 0.624. The van der Waals surface area contributed by atoms with Crippen LogP contribution in [0.15, 0.2) is 35.9 Å². The van der Waals surface area contributed by atoms with Gasteiger partial charge in [-0.3, -0.25) is 4.79 Å². The molecule has 2 N–H and O–H groups in total. The van der Waals surface area contributed by atoms with E-state index in [1.165, 1.54) is 13.2 Å². The Hall–Kier alpha value is -2.54. The van der Waals surface area contributed by atoms with Crippen LogP contribution in [-0.4, -0.2) is 42.9 Å². The van der Waals surface area contributed by atoms with Crippen LogP contribution >= 0.6 is 0 Å². The van der Waals surface area contributed by atoms with Crippen LogP contribution in [0.5, 0.6) is 0 Å². The zero-order valence-corrected chi connectivity index (χ0v) is 15.7. The molecule has 0 saturated heterocycles. The Kier molecular flexibility index (Phi) is 4.38. The van der Waals surface area contributed by atoms with E-state index in [0.717, 1.165) is 23.4 Å². The zero-order valence-electron chi connectivity index (χ0n) is 15.7. The topological polar surface area (TPSA) is 71.2 Å². The van der Waals surface area contributed by atoms with E-state index in [4.69, 9.17) is 4.74 Å². The summed E-state index contributed by atoms with van der Waals surface area (Å²) >= 11 is 0. The number of aldehydes is 1. The zero-order chi connectivity index (χ0) is 20.1. The van der Waals surface area contributed by atoms with Crippen LogP contribution in [-0.2, 0) is 26.2 Å². The predicted octanol–water partition coefficient (Wildman–Crippen LogP) is 2.89. The second-order valence-electron chi connectivity index (χ2n) is 7.64. The molecule has 3 unspecified atom stereocenters. The number of halogens is 2. The van der Waals surface area contributed by atoms with Crippen molar-refractivity contribution in [2.45, 2.75) is 37.1 Å². The Morgan fingerprint density at radius 3 is 2.79 bits per heavy atom. The van der Waals surface area contributed by atoms with Crippen LogP contribution in [0.3, 0.4) is 0 Å². The number of carbonyl (C=O) groups is 2. The van der Waals surface area contributed by atoms with E-state index in [2.05, 4.69) is 10.3 Å². The third kappa shape index (κ3) is 2.60. The van der Waals surface area contributed by atoms with Gasteiger partial charge in [-0.2, -0.15) is 0 Å². The molecule has 0 saturated carbocycles. The molecule has 0 radical (unpaired) electrons. The fraction of sp³-hybridized carbons (Fsp3) is 0.429. The van der Waals surface area contributed by atoms with Crippen molar-refractivity contribution in [1.82, 2.24) is 10.3 Å². The SMILES string of the molecule is COC(=O)C12CC(C=O)C=C(C(C)(F)F)C1NCCc1c2[nH]c2ccccc12. The Bertz CT molecular complexity index is 976. The molecule has 0 spiro atoms. The van der Waals surface area contributed by atoms with Gasteiger partial charge in [-0.05, 0) is 31.0 Å². The lowest BCUT2D eigenvalue weighted by molar-refractivity contribution is -0.150. The van der Waals surface area contributed by atoms with Crippen molar-refractivity contribution in [1.29, 1.82) is 0 Å². The summed E-state index contributed by atoms with van der Waals surface area (Å²) in [6.07, 6.45) is 2.57. The maximum Gasteiger partial charge on any atom is 0.319 e. The first-order chi connectivity index (χ1) is 13.3. The molecule has 1 aliphatic carbocycles. The molecule has 2 aliphatic rings. The number of fused-ring (bicyclic) bond motifs is 5. The second-order valence-corrected chi connectivity index (χ2v) is 7.64. The first kappa shape index (κ1) is 18.8. The van der Waals surface area contributed by atoms with Crippen LogP contribution in [0.25, 0.3) is 10.9 Å². The molecule has 1 aliphatic heterocycles. The maximum absolute atomic E-state index is 14.6. The highest BCUT2D eigenvalue weighted by atomic mass is 19.3. The predicted molar refractivity (Wildman–Crippen MR) is 100 cm³/mol. The van der Waals surface area contributed by atoms with Crippen molar-refractivity contribution >= 4 is 23.2 Å². The molecule has 148 valence electrons. The smallest absolute Gasteiger partial charge is 0.319 e. The van der Waals surface area contributed by atoms with Crippen molar-refractivity contribution in [2.75, 3.05) is 13.7 Å². The molecule has 0 bridgehead atoms. The number of allylic oxidation sites excluding steroid dienone is 1. The number of esters is 1. The molecule has 1 aromatic carbocycles. The van der Waals surface area contributed by atoms with E-state index in [1.807, 2.05) is 24.3 Å². The van der Waals surface area contributed by atoms with Gasteiger partial charge < -0.3 is 19.8 Å². The minimum Gasteiger partial charge on any atom is -0.468 e. The summed E-state index contributed by atoms with van der Waals surface area (Å²) in [7, 11) is 1.25. The highest BCUT2D eigenvalue weighted by Crippen LogP contribution is 2.49. The summed E-state index contributed by atoms with van der Waals surface area (Å²) in [5, 5.41) is 4.10. The normalized spacial score (nSPS) is 27.4. The van der Waals surface area contributed by atoms with E-state index >= 15 is 0 Å². The number of hydrogen-bond acceptors (Lipinski definition) is 4. The Morgan fingerprint density at radius 1 is 1.36 bits per heavy atom. The standard InChI is InChI=1S/C21H22F2N2O3/c1-20(22,23)15-9-12(11-26)10-21(19(27)28-2)17-14(7-8-24-18(15)21)13-5-3-4-6-16(13)25-17/h3-6,9,11-12,18,24-25H,7-8,10H2,1-2H3. The number of para-hydroxylation sites is 1. The summed E-state index contributed by atoms with van der Waals surface area (Å²) in [4.78, 5) is 28.1. The van der Waals surface area contributed by atoms with Gasteiger partial charge >= 0.3 is 5.97 Å². The molecular weight excluding hydrogens is 366 g/mol. The van der Waals surface area contributed by atoms with E-state index in [0.29, 0.717) is 24.9 Å². The van der Waals surface area contributed by atoms with Gasteiger partial charge in [-0.1, -0.05) is 24.3 Å². The van der Waals surface area contributed by atoms with Gasteiger partial charge in [0, 0.05) is 35.0 Å². The van der Waals surface area contributed by atoms with Crippen molar-refractivity contribution in [3.8, 4) is 0 Å². The van der Waals surface area contributed by atoms with Crippen LogP contribution in [0.4, 0.5) is 8.78 Å². The Labute approximate surface area is 161 Å². The number of nitrogens with one attached hydrogen (secondary N) is 2. The first-order valence-corrected chi connectivity index (χ1v) is 9.30. The number of ether oxygens (including phenoxy) is 1. The average molecular weight is 388 g/mol. The van der Waals surface area contributed by atoms with Crippen molar-refractivity contribution < 1.29 is 23.1 Å². The fourth-order valence-corrected chi connectivity index (χ4v) is 4.83. The Balaban J connectivity index is 2.05. The number of hydrogen-bond donors (Lipinski definition) is 2. The summed E-state index contributed by atoms with van der Waals surface area (Å²) in [5.74, 6) is -4.62. The van der Waals surface area contributed by atoms with Gasteiger partial charge in [0.25, 0.3) is 5.92 Å². The number of H-pyrrole nitrogens is 1. The van der Waals surface area contributed by atoms with E-state index in [1.54, 1.807) is 0 Å². The molecule has 4 rings (SSSR count). The second kappa shape index (κ2) is 6.51. The monoisotopic (exact) mass is 388 g/mol. The number of rotatable bonds is 3. The third-order valence-corrected chi connectivity index (χ3v) is 5.97. The van der Waals surface area contributed by atoms with Gasteiger partial charge in [0.15, 0.2) is 0 Å². The number of benzene rings is 1. The van der Waals surface area contributed by atoms with Crippen molar-refractivity contribution in [3.05, 3.63) is 47.2 Å². The van der Waals surface area contributed by atoms with E-state index in [9.17, 15) is 18.4 Å². The molecular formula is C21H22F2N2O3. The number of aromatic nitrogens is 1. The third-order valence-electron chi connectivity index (χ3n) is 5.97. The lowest BCUT2D eigenvalue weighted by Gasteiger charge is -2.44. The lowest BCUT2D eigenvalue weighted by atomic mass is 9.63. The van der Waals surface area contributed by atoms with Gasteiger partial charge in [-0.25, -0.2) is 8.78 Å². The van der Waals surface area contributed by atoms with Gasteiger partial charge in [0.05, 0.1) is 13.2 Å². The summed E-state index contributed by atoms with van der Waals surface area (Å²) < 4.78 is 34.2. The molecule has 0 fully saturated rings. The number of carbonyl (C=O) groups excluding carboxylic acids is 2. The molecule has 1 aromatic heterocycles. The highest BCUT2D eigenvalue weighted by molar-refractivity contribution is 5.92. The van der Waals surface area contributed by atoms with Crippen LogP contribution < -0.4 is 5.32 Å². The van der Waals surface area contributed by atoms with E-state index < -0.39 is 29.3 Å². The van der Waals surface area contributed by atoms with Crippen molar-refractivity contribution in [2.24, 2.45) is 5.92 Å². The number of aromatic amines is 1. The molecule has 5 nitrogen and oxygen atoms in total. The Morgan fingerprint density at radius 2 is 2.11 bits per heavy atom.